The van der Waals surface area contributed by atoms with E-state index in [0.717, 1.165) is 10.9 Å². The number of rotatable bonds is 5. The lowest BCUT2D eigenvalue weighted by Gasteiger charge is -2.06. The zero-order valence-electron chi connectivity index (χ0n) is 9.84. The summed E-state index contributed by atoms with van der Waals surface area (Å²) in [6.07, 6.45) is 1.54. The van der Waals surface area contributed by atoms with Crippen LogP contribution in [0.25, 0.3) is 0 Å². The molecule has 0 fully saturated rings. The Hall–Kier alpha value is -1.10. The predicted molar refractivity (Wildman–Crippen MR) is 72.6 cm³/mol. The van der Waals surface area contributed by atoms with Crippen LogP contribution in [0.1, 0.15) is 18.9 Å². The van der Waals surface area contributed by atoms with Crippen molar-refractivity contribution in [1.29, 1.82) is 0 Å². The Morgan fingerprint density at radius 1 is 1.53 bits per heavy atom. The third-order valence-electron chi connectivity index (χ3n) is 2.21. The van der Waals surface area contributed by atoms with Crippen LogP contribution in [0.15, 0.2) is 27.7 Å². The van der Waals surface area contributed by atoms with Gasteiger partial charge < -0.3 is 11.1 Å². The number of halogens is 2. The highest BCUT2D eigenvalue weighted by Crippen LogP contribution is 2.15. The molecule has 17 heavy (non-hydrogen) atoms. The Morgan fingerprint density at radius 2 is 2.29 bits per heavy atom. The Labute approximate surface area is 109 Å². The van der Waals surface area contributed by atoms with Crippen LogP contribution in [0.5, 0.6) is 0 Å². The number of nitrogens with zero attached hydrogens (tertiary/aromatic N) is 1. The molecule has 0 radical (unpaired) electrons. The Kier molecular flexibility index (Phi) is 5.97. The van der Waals surface area contributed by atoms with E-state index >= 15 is 0 Å². The van der Waals surface area contributed by atoms with Crippen LogP contribution in [0, 0.1) is 5.82 Å². The molecule has 0 aromatic heterocycles. The maximum Gasteiger partial charge on any atom is 0.188 e. The van der Waals surface area contributed by atoms with Crippen LogP contribution in [-0.2, 0) is 6.42 Å². The number of hydrogen-bond acceptors (Lipinski definition) is 1. The molecular formula is C12H17BrFN3. The fraction of sp³-hybridized carbons (Fsp3) is 0.417. The van der Waals surface area contributed by atoms with Gasteiger partial charge in [-0.1, -0.05) is 22.9 Å². The standard InChI is InChI=1S/C12H17BrFN3/c1-2-6-16-12(15)17-7-5-9-8-10(13)3-4-11(9)14/h3-4,8H,2,5-7H2,1H3,(H3,15,16,17). The van der Waals surface area contributed by atoms with E-state index in [1.54, 1.807) is 12.1 Å². The lowest BCUT2D eigenvalue weighted by atomic mass is 10.1. The molecule has 3 N–H and O–H groups in total. The van der Waals surface area contributed by atoms with Gasteiger partial charge in [0.1, 0.15) is 5.82 Å². The third kappa shape index (κ3) is 5.17. The molecule has 0 saturated heterocycles. The van der Waals surface area contributed by atoms with Crippen LogP contribution in [0.2, 0.25) is 0 Å². The largest absolute Gasteiger partial charge is 0.370 e. The summed E-state index contributed by atoms with van der Waals surface area (Å²) >= 11 is 3.32. The maximum atomic E-state index is 13.4. The first-order valence-electron chi connectivity index (χ1n) is 5.61. The van der Waals surface area contributed by atoms with Crippen LogP contribution in [0.3, 0.4) is 0 Å². The van der Waals surface area contributed by atoms with Gasteiger partial charge >= 0.3 is 0 Å². The van der Waals surface area contributed by atoms with Gasteiger partial charge in [0.15, 0.2) is 5.96 Å². The summed E-state index contributed by atoms with van der Waals surface area (Å²) in [5.74, 6) is 0.223. The first-order valence-corrected chi connectivity index (χ1v) is 6.40. The second-order valence-electron chi connectivity index (χ2n) is 3.68. The lowest BCUT2D eigenvalue weighted by Crippen LogP contribution is -2.33. The molecule has 0 aliphatic heterocycles. The van der Waals surface area contributed by atoms with E-state index in [2.05, 4.69) is 26.2 Å². The molecule has 1 aromatic carbocycles. The van der Waals surface area contributed by atoms with E-state index in [-0.39, 0.29) is 5.82 Å². The van der Waals surface area contributed by atoms with Crippen molar-refractivity contribution in [2.24, 2.45) is 10.7 Å². The number of benzene rings is 1. The lowest BCUT2D eigenvalue weighted by molar-refractivity contribution is 0.607. The van der Waals surface area contributed by atoms with Crippen LogP contribution < -0.4 is 11.1 Å². The van der Waals surface area contributed by atoms with Gasteiger partial charge in [-0.15, -0.1) is 0 Å². The van der Waals surface area contributed by atoms with E-state index in [1.165, 1.54) is 6.07 Å². The highest BCUT2D eigenvalue weighted by atomic mass is 79.9. The predicted octanol–water partition coefficient (Wildman–Crippen LogP) is 2.45. The van der Waals surface area contributed by atoms with Crippen molar-refractivity contribution >= 4 is 21.9 Å². The molecule has 0 amide bonds. The van der Waals surface area contributed by atoms with Gasteiger partial charge in [-0.25, -0.2) is 4.39 Å². The number of aliphatic imine (C=N–C) groups is 1. The molecular weight excluding hydrogens is 285 g/mol. The average Bonchev–Trinajstić information content (AvgIpc) is 2.31. The zero-order valence-corrected chi connectivity index (χ0v) is 11.4. The Balaban J connectivity index is 2.43. The minimum Gasteiger partial charge on any atom is -0.370 e. The quantitative estimate of drug-likeness (QED) is 0.648. The number of guanidine groups is 1. The van der Waals surface area contributed by atoms with Crippen LogP contribution >= 0.6 is 15.9 Å². The topological polar surface area (TPSA) is 50.4 Å². The molecule has 5 heteroatoms. The fourth-order valence-electron chi connectivity index (χ4n) is 1.35. The fourth-order valence-corrected chi connectivity index (χ4v) is 1.76. The van der Waals surface area contributed by atoms with Gasteiger partial charge in [-0.3, -0.25) is 4.99 Å². The van der Waals surface area contributed by atoms with E-state index in [1.807, 2.05) is 6.92 Å². The summed E-state index contributed by atoms with van der Waals surface area (Å²) < 4.78 is 14.3. The molecule has 3 nitrogen and oxygen atoms in total. The number of hydrogen-bond donors (Lipinski definition) is 2. The summed E-state index contributed by atoms with van der Waals surface area (Å²) in [5, 5.41) is 2.96. The van der Waals surface area contributed by atoms with Crippen molar-refractivity contribution < 1.29 is 4.39 Å². The summed E-state index contributed by atoms with van der Waals surface area (Å²) in [5.41, 5.74) is 6.29. The Bertz CT molecular complexity index is 393. The second-order valence-corrected chi connectivity index (χ2v) is 4.60. The molecule has 0 heterocycles. The maximum absolute atomic E-state index is 13.4. The van der Waals surface area contributed by atoms with Gasteiger partial charge in [0.2, 0.25) is 0 Å². The van der Waals surface area contributed by atoms with E-state index < -0.39 is 0 Å². The van der Waals surface area contributed by atoms with Crippen molar-refractivity contribution in [3.05, 3.63) is 34.1 Å². The van der Waals surface area contributed by atoms with Gasteiger partial charge in [0, 0.05) is 17.6 Å². The summed E-state index contributed by atoms with van der Waals surface area (Å²) in [4.78, 5) is 4.09. The minimum atomic E-state index is -0.195. The number of nitrogens with one attached hydrogen (secondary N) is 1. The normalized spacial score (nSPS) is 11.6. The zero-order chi connectivity index (χ0) is 12.7. The first kappa shape index (κ1) is 14.0. The molecule has 0 unspecified atom stereocenters. The summed E-state index contributed by atoms with van der Waals surface area (Å²) in [6, 6.07) is 4.91. The monoisotopic (exact) mass is 301 g/mol. The Morgan fingerprint density at radius 3 is 3.00 bits per heavy atom. The third-order valence-corrected chi connectivity index (χ3v) is 2.71. The molecule has 1 aromatic rings. The van der Waals surface area contributed by atoms with Crippen molar-refractivity contribution in [3.63, 3.8) is 0 Å². The molecule has 94 valence electrons. The molecule has 0 atom stereocenters. The molecule has 0 saturated carbocycles. The van der Waals surface area contributed by atoms with E-state index in [4.69, 9.17) is 5.73 Å². The summed E-state index contributed by atoms with van der Waals surface area (Å²) in [7, 11) is 0. The smallest absolute Gasteiger partial charge is 0.188 e. The highest BCUT2D eigenvalue weighted by molar-refractivity contribution is 9.10. The van der Waals surface area contributed by atoms with Gasteiger partial charge in [-0.2, -0.15) is 0 Å². The van der Waals surface area contributed by atoms with Gasteiger partial charge in [0.25, 0.3) is 0 Å². The highest BCUT2D eigenvalue weighted by Gasteiger charge is 2.02. The second kappa shape index (κ2) is 7.27. The van der Waals surface area contributed by atoms with E-state index in [0.29, 0.717) is 31.0 Å². The molecule has 1 rings (SSSR count). The van der Waals surface area contributed by atoms with Gasteiger partial charge in [0.05, 0.1) is 0 Å². The van der Waals surface area contributed by atoms with E-state index in [9.17, 15) is 4.39 Å². The van der Waals surface area contributed by atoms with Crippen molar-refractivity contribution in [2.45, 2.75) is 19.8 Å². The average molecular weight is 302 g/mol. The first-order chi connectivity index (χ1) is 8.13. The minimum absolute atomic E-state index is 0.195. The SMILES string of the molecule is CCCN=C(N)NCCc1cc(Br)ccc1F. The molecule has 0 bridgehead atoms. The molecule has 0 aliphatic rings. The molecule has 0 spiro atoms. The number of nitrogens with two attached hydrogens (primary N) is 1. The molecule has 0 aliphatic carbocycles. The van der Waals surface area contributed by atoms with Crippen LogP contribution in [-0.4, -0.2) is 19.0 Å². The van der Waals surface area contributed by atoms with Crippen molar-refractivity contribution in [1.82, 2.24) is 5.32 Å². The summed E-state index contributed by atoms with van der Waals surface area (Å²) in [6.45, 7) is 3.32. The van der Waals surface area contributed by atoms with Crippen LogP contribution in [0.4, 0.5) is 4.39 Å². The van der Waals surface area contributed by atoms with Gasteiger partial charge in [-0.05, 0) is 36.6 Å². The van der Waals surface area contributed by atoms with Crippen molar-refractivity contribution in [2.75, 3.05) is 13.1 Å². The van der Waals surface area contributed by atoms with Crippen molar-refractivity contribution in [3.8, 4) is 0 Å².